The Bertz CT molecular complexity index is 771. The number of nitrogens with zero attached hydrogens (tertiary/aromatic N) is 1. The molecule has 0 spiro atoms. The third-order valence-corrected chi connectivity index (χ3v) is 4.83. The predicted octanol–water partition coefficient (Wildman–Crippen LogP) is 3.75. The van der Waals surface area contributed by atoms with Gasteiger partial charge >= 0.3 is 0 Å². The maximum atomic E-state index is 13.9. The van der Waals surface area contributed by atoms with Crippen molar-refractivity contribution in [2.75, 3.05) is 6.54 Å². The zero-order chi connectivity index (χ0) is 13.5. The highest BCUT2D eigenvalue weighted by Gasteiger charge is 2.17. The lowest BCUT2D eigenvalue weighted by Crippen LogP contribution is -2.22. The Kier molecular flexibility index (Phi) is 2.79. The summed E-state index contributed by atoms with van der Waals surface area (Å²) in [5, 5.41) is 5.96. The lowest BCUT2D eigenvalue weighted by Gasteiger charge is -2.09. The van der Waals surface area contributed by atoms with Gasteiger partial charge in [0.05, 0.1) is 5.69 Å². The molecule has 0 radical (unpaired) electrons. The van der Waals surface area contributed by atoms with E-state index in [2.05, 4.69) is 5.32 Å². The van der Waals surface area contributed by atoms with Gasteiger partial charge in [0.25, 0.3) is 0 Å². The molecule has 1 aromatic heterocycles. The van der Waals surface area contributed by atoms with Gasteiger partial charge in [-0.2, -0.15) is 0 Å². The molecule has 2 aromatic carbocycles. The Labute approximate surface area is 120 Å². The van der Waals surface area contributed by atoms with Crippen LogP contribution in [0.4, 0.5) is 4.39 Å². The number of nitrogens with one attached hydrogen (secondary N) is 1. The van der Waals surface area contributed by atoms with E-state index >= 15 is 0 Å². The van der Waals surface area contributed by atoms with Crippen molar-refractivity contribution in [3.05, 3.63) is 52.8 Å². The van der Waals surface area contributed by atoms with Crippen molar-refractivity contribution >= 4 is 22.1 Å². The summed E-state index contributed by atoms with van der Waals surface area (Å²) in [6.07, 6.45) is 0.977. The second-order valence-electron chi connectivity index (χ2n) is 4.96. The lowest BCUT2D eigenvalue weighted by molar-refractivity contribution is 0.640. The average molecular weight is 284 g/mol. The van der Waals surface area contributed by atoms with Gasteiger partial charge in [0.1, 0.15) is 10.8 Å². The van der Waals surface area contributed by atoms with Crippen LogP contribution in [0.3, 0.4) is 0 Å². The minimum Gasteiger partial charge on any atom is -0.311 e. The highest BCUT2D eigenvalue weighted by molar-refractivity contribution is 7.15. The first-order valence-corrected chi connectivity index (χ1v) is 7.51. The van der Waals surface area contributed by atoms with Gasteiger partial charge in [0.15, 0.2) is 0 Å². The van der Waals surface area contributed by atoms with Crippen LogP contribution in [-0.4, -0.2) is 11.5 Å². The number of hydrogen-bond acceptors (Lipinski definition) is 3. The van der Waals surface area contributed by atoms with Crippen LogP contribution in [0.2, 0.25) is 0 Å². The molecule has 0 atom stereocenters. The molecule has 3 aromatic rings. The number of aromatic nitrogens is 1. The fourth-order valence-electron chi connectivity index (χ4n) is 2.69. The van der Waals surface area contributed by atoms with Gasteiger partial charge in [-0.3, -0.25) is 0 Å². The van der Waals surface area contributed by atoms with Crippen molar-refractivity contribution < 1.29 is 4.39 Å². The zero-order valence-electron chi connectivity index (χ0n) is 10.8. The van der Waals surface area contributed by atoms with Crippen LogP contribution in [0.1, 0.15) is 10.6 Å². The molecule has 4 rings (SSSR count). The summed E-state index contributed by atoms with van der Waals surface area (Å²) in [7, 11) is 0. The minimum absolute atomic E-state index is 0.174. The van der Waals surface area contributed by atoms with Gasteiger partial charge in [-0.15, -0.1) is 11.3 Å². The second kappa shape index (κ2) is 4.65. The molecule has 2 nitrogen and oxygen atoms in total. The monoisotopic (exact) mass is 284 g/mol. The number of fused-ring (bicyclic) bond motifs is 2. The van der Waals surface area contributed by atoms with Gasteiger partial charge in [-0.25, -0.2) is 9.37 Å². The molecule has 0 aliphatic carbocycles. The molecule has 0 fully saturated rings. The molecule has 0 amide bonds. The van der Waals surface area contributed by atoms with Crippen molar-refractivity contribution in [2.24, 2.45) is 0 Å². The fraction of sp³-hybridized carbons (Fsp3) is 0.188. The van der Waals surface area contributed by atoms with Crippen LogP contribution in [0.25, 0.3) is 21.3 Å². The van der Waals surface area contributed by atoms with Crippen LogP contribution in [-0.2, 0) is 13.0 Å². The summed E-state index contributed by atoms with van der Waals surface area (Å²) in [4.78, 5) is 6.06. The summed E-state index contributed by atoms with van der Waals surface area (Å²) >= 11 is 1.71. The molecule has 0 unspecified atom stereocenters. The number of benzene rings is 2. The number of rotatable bonds is 1. The van der Waals surface area contributed by atoms with Gasteiger partial charge in [0, 0.05) is 35.3 Å². The van der Waals surface area contributed by atoms with Crippen molar-refractivity contribution in [3.63, 3.8) is 0 Å². The fourth-order valence-corrected chi connectivity index (χ4v) is 3.81. The highest BCUT2D eigenvalue weighted by Crippen LogP contribution is 2.35. The molecule has 20 heavy (non-hydrogen) atoms. The predicted molar refractivity (Wildman–Crippen MR) is 80.4 cm³/mol. The van der Waals surface area contributed by atoms with Crippen LogP contribution in [0.5, 0.6) is 0 Å². The zero-order valence-corrected chi connectivity index (χ0v) is 11.6. The molecule has 0 saturated carbocycles. The van der Waals surface area contributed by atoms with Gasteiger partial charge < -0.3 is 5.32 Å². The van der Waals surface area contributed by atoms with Crippen LogP contribution in [0, 0.1) is 5.82 Å². The van der Waals surface area contributed by atoms with Crippen LogP contribution >= 0.6 is 11.3 Å². The first kappa shape index (κ1) is 12.0. The summed E-state index contributed by atoms with van der Waals surface area (Å²) in [6, 6.07) is 11.0. The summed E-state index contributed by atoms with van der Waals surface area (Å²) in [6.45, 7) is 1.88. The molecule has 4 heteroatoms. The third-order valence-electron chi connectivity index (χ3n) is 3.70. The number of thiazole rings is 1. The van der Waals surface area contributed by atoms with E-state index in [1.807, 2.05) is 30.3 Å². The van der Waals surface area contributed by atoms with Gasteiger partial charge in [-0.1, -0.05) is 24.3 Å². The van der Waals surface area contributed by atoms with Gasteiger partial charge in [0.2, 0.25) is 0 Å². The Balaban J connectivity index is 1.94. The van der Waals surface area contributed by atoms with Crippen LogP contribution in [0.15, 0.2) is 36.4 Å². The van der Waals surface area contributed by atoms with E-state index < -0.39 is 0 Å². The van der Waals surface area contributed by atoms with Crippen molar-refractivity contribution in [1.29, 1.82) is 0 Å². The largest absolute Gasteiger partial charge is 0.311 e. The van der Waals surface area contributed by atoms with E-state index in [4.69, 9.17) is 4.98 Å². The van der Waals surface area contributed by atoms with E-state index in [-0.39, 0.29) is 5.82 Å². The van der Waals surface area contributed by atoms with E-state index in [0.717, 1.165) is 35.5 Å². The van der Waals surface area contributed by atoms with E-state index in [0.29, 0.717) is 5.39 Å². The normalized spacial score (nSPS) is 14.4. The highest BCUT2D eigenvalue weighted by atomic mass is 32.1. The molecule has 100 valence electrons. The molecule has 2 heterocycles. The summed E-state index contributed by atoms with van der Waals surface area (Å²) in [5.74, 6) is -0.174. The van der Waals surface area contributed by atoms with E-state index in [1.165, 1.54) is 16.6 Å². The Morgan fingerprint density at radius 2 is 1.95 bits per heavy atom. The SMILES string of the molecule is Fc1ccc(-c2nc3c(s2)CNCC3)c2ccccc12. The Morgan fingerprint density at radius 3 is 2.80 bits per heavy atom. The first-order chi connectivity index (χ1) is 9.83. The molecule has 1 N–H and O–H groups in total. The van der Waals surface area contributed by atoms with Crippen molar-refractivity contribution in [1.82, 2.24) is 10.3 Å². The van der Waals surface area contributed by atoms with E-state index in [9.17, 15) is 4.39 Å². The number of halogens is 1. The van der Waals surface area contributed by atoms with Crippen molar-refractivity contribution in [2.45, 2.75) is 13.0 Å². The number of hydrogen-bond donors (Lipinski definition) is 1. The molecular formula is C16H13FN2S. The topological polar surface area (TPSA) is 24.9 Å². The molecular weight excluding hydrogens is 271 g/mol. The standard InChI is InChI=1S/C16H13FN2S/c17-13-6-5-12(10-3-1-2-4-11(10)13)16-19-14-7-8-18-9-15(14)20-16/h1-6,18H,7-9H2. The smallest absolute Gasteiger partial charge is 0.131 e. The first-order valence-electron chi connectivity index (χ1n) is 6.70. The molecule has 0 bridgehead atoms. The van der Waals surface area contributed by atoms with E-state index in [1.54, 1.807) is 11.3 Å². The van der Waals surface area contributed by atoms with Crippen molar-refractivity contribution in [3.8, 4) is 10.6 Å². The summed E-state index contributed by atoms with van der Waals surface area (Å²) < 4.78 is 13.9. The Morgan fingerprint density at radius 1 is 1.10 bits per heavy atom. The average Bonchev–Trinajstić information content (AvgIpc) is 2.91. The summed E-state index contributed by atoms with van der Waals surface area (Å²) in [5.41, 5.74) is 2.22. The maximum Gasteiger partial charge on any atom is 0.131 e. The molecule has 1 aliphatic rings. The third kappa shape index (κ3) is 1.84. The minimum atomic E-state index is -0.174. The Hall–Kier alpha value is -1.78. The quantitative estimate of drug-likeness (QED) is 0.736. The molecule has 0 saturated heterocycles. The maximum absolute atomic E-state index is 13.9. The van der Waals surface area contributed by atoms with Gasteiger partial charge in [-0.05, 0) is 17.5 Å². The molecule has 1 aliphatic heterocycles. The lowest BCUT2D eigenvalue weighted by atomic mass is 10.0. The van der Waals surface area contributed by atoms with Crippen LogP contribution < -0.4 is 5.32 Å². The second-order valence-corrected chi connectivity index (χ2v) is 6.04.